The van der Waals surface area contributed by atoms with Gasteiger partial charge in [-0.05, 0) is 43.0 Å². The fraction of sp³-hybridized carbons (Fsp3) is 0.318. The molecule has 1 saturated carbocycles. The standard InChI is InChI=1S/C22H22N2O6S/c1-11-8-13(31(28,29)30)10-18(11)24-17-5-3-2-4-14(17)21(26)20(24)19-15-9-12(25)6-7-16(15)23-22(19)27/h2-7,9,11,13,18,21,25-26H,8,10H2,1H3,(H,23,27)(H,28,29,30)/b20-19-. The van der Waals surface area contributed by atoms with Crippen molar-refractivity contribution in [3.63, 3.8) is 0 Å². The van der Waals surface area contributed by atoms with E-state index in [1.54, 1.807) is 18.2 Å². The summed E-state index contributed by atoms with van der Waals surface area (Å²) < 4.78 is 33.3. The molecule has 0 radical (unpaired) electrons. The molecule has 0 bridgehead atoms. The van der Waals surface area contributed by atoms with Crippen LogP contribution in [0.2, 0.25) is 0 Å². The fourth-order valence-electron chi connectivity index (χ4n) is 5.14. The van der Waals surface area contributed by atoms with Crippen molar-refractivity contribution in [2.75, 3.05) is 10.2 Å². The van der Waals surface area contributed by atoms with Crippen molar-refractivity contribution in [1.82, 2.24) is 0 Å². The zero-order valence-electron chi connectivity index (χ0n) is 16.7. The summed E-state index contributed by atoms with van der Waals surface area (Å²) in [7, 11) is -4.21. The SMILES string of the molecule is CC1CC(S(=O)(=O)O)CC1N1/C(=C2\C(=O)Nc3ccc(O)cc32)C(O)c2ccccc21. The zero-order chi connectivity index (χ0) is 22.1. The van der Waals surface area contributed by atoms with E-state index in [1.165, 1.54) is 12.1 Å². The number of nitrogens with zero attached hydrogens (tertiary/aromatic N) is 1. The van der Waals surface area contributed by atoms with Gasteiger partial charge in [-0.25, -0.2) is 0 Å². The number of nitrogens with one attached hydrogen (secondary N) is 1. The first-order valence-corrected chi connectivity index (χ1v) is 11.6. The smallest absolute Gasteiger partial charge is 0.267 e. The van der Waals surface area contributed by atoms with Gasteiger partial charge in [0.05, 0.1) is 16.5 Å². The summed E-state index contributed by atoms with van der Waals surface area (Å²) in [6.07, 6.45) is -0.640. The van der Waals surface area contributed by atoms with Gasteiger partial charge in [-0.2, -0.15) is 8.42 Å². The van der Waals surface area contributed by atoms with E-state index < -0.39 is 27.4 Å². The summed E-state index contributed by atoms with van der Waals surface area (Å²) in [5.74, 6) is -0.524. The Balaban J connectivity index is 1.72. The first-order chi connectivity index (χ1) is 14.7. The number of hydrogen-bond acceptors (Lipinski definition) is 6. The maximum absolute atomic E-state index is 13.0. The normalized spacial score (nSPS) is 29.8. The van der Waals surface area contributed by atoms with Crippen molar-refractivity contribution >= 4 is 33.0 Å². The summed E-state index contributed by atoms with van der Waals surface area (Å²) in [4.78, 5) is 14.8. The second-order valence-corrected chi connectivity index (χ2v) is 10.1. The van der Waals surface area contributed by atoms with Crippen LogP contribution in [-0.4, -0.2) is 40.4 Å². The molecule has 1 fully saturated rings. The van der Waals surface area contributed by atoms with Gasteiger partial charge < -0.3 is 20.4 Å². The number of para-hydroxylation sites is 1. The highest BCUT2D eigenvalue weighted by atomic mass is 32.2. The number of amides is 1. The molecular formula is C22H22N2O6S. The molecule has 2 aromatic carbocycles. The molecular weight excluding hydrogens is 420 g/mol. The summed E-state index contributed by atoms with van der Waals surface area (Å²) in [5.41, 5.74) is 2.94. The molecule has 8 nitrogen and oxygen atoms in total. The number of rotatable bonds is 2. The summed E-state index contributed by atoms with van der Waals surface area (Å²) in [6, 6.07) is 11.4. The van der Waals surface area contributed by atoms with E-state index in [2.05, 4.69) is 5.32 Å². The maximum Gasteiger partial charge on any atom is 0.267 e. The van der Waals surface area contributed by atoms with E-state index in [-0.39, 0.29) is 36.1 Å². The van der Waals surface area contributed by atoms with E-state index in [0.717, 1.165) is 0 Å². The third-order valence-electron chi connectivity index (χ3n) is 6.56. The molecule has 2 aromatic rings. The van der Waals surface area contributed by atoms with E-state index in [4.69, 9.17) is 0 Å². The number of aliphatic hydroxyl groups is 1. The molecule has 2 aliphatic heterocycles. The van der Waals surface area contributed by atoms with Gasteiger partial charge in [0.15, 0.2) is 0 Å². The molecule has 0 aromatic heterocycles. The Morgan fingerprint density at radius 1 is 1.13 bits per heavy atom. The summed E-state index contributed by atoms with van der Waals surface area (Å²) >= 11 is 0. The lowest BCUT2D eigenvalue weighted by Gasteiger charge is -2.33. The fourth-order valence-corrected chi connectivity index (χ4v) is 6.13. The van der Waals surface area contributed by atoms with Crippen molar-refractivity contribution in [1.29, 1.82) is 0 Å². The van der Waals surface area contributed by atoms with E-state index in [0.29, 0.717) is 28.2 Å². The molecule has 1 amide bonds. The number of phenolic OH excluding ortho intramolecular Hbond substituents is 1. The third-order valence-corrected chi connectivity index (χ3v) is 7.79. The molecule has 9 heteroatoms. The molecule has 0 saturated heterocycles. The molecule has 4 atom stereocenters. The zero-order valence-corrected chi connectivity index (χ0v) is 17.5. The predicted octanol–water partition coefficient (Wildman–Crippen LogP) is 2.66. The molecule has 4 N–H and O–H groups in total. The molecule has 1 aliphatic carbocycles. The largest absolute Gasteiger partial charge is 0.508 e. The third kappa shape index (κ3) is 3.03. The topological polar surface area (TPSA) is 127 Å². The van der Waals surface area contributed by atoms with Crippen molar-refractivity contribution in [3.05, 3.63) is 59.3 Å². The number of carbonyl (C=O) groups is 1. The van der Waals surface area contributed by atoms with Gasteiger partial charge in [-0.1, -0.05) is 25.1 Å². The molecule has 5 rings (SSSR count). The first kappa shape index (κ1) is 20.0. The van der Waals surface area contributed by atoms with Gasteiger partial charge in [-0.3, -0.25) is 9.35 Å². The van der Waals surface area contributed by atoms with Crippen LogP contribution in [0, 0.1) is 5.92 Å². The number of carbonyl (C=O) groups excluding carboxylic acids is 1. The average Bonchev–Trinajstić information content (AvgIpc) is 3.33. The Labute approximate surface area is 179 Å². The minimum atomic E-state index is -4.21. The molecule has 31 heavy (non-hydrogen) atoms. The van der Waals surface area contributed by atoms with Crippen LogP contribution in [0.3, 0.4) is 0 Å². The Kier molecular flexibility index (Phi) is 4.40. The second kappa shape index (κ2) is 6.81. The van der Waals surface area contributed by atoms with Gasteiger partial charge >= 0.3 is 0 Å². The van der Waals surface area contributed by atoms with E-state index in [1.807, 2.05) is 24.0 Å². The first-order valence-electron chi connectivity index (χ1n) is 10.1. The minimum Gasteiger partial charge on any atom is -0.508 e. The van der Waals surface area contributed by atoms with Gasteiger partial charge in [0.1, 0.15) is 11.9 Å². The van der Waals surface area contributed by atoms with Crippen LogP contribution >= 0.6 is 0 Å². The van der Waals surface area contributed by atoms with Crippen LogP contribution in [-0.2, 0) is 14.9 Å². The van der Waals surface area contributed by atoms with Crippen molar-refractivity contribution < 1.29 is 28.0 Å². The Morgan fingerprint density at radius 2 is 1.87 bits per heavy atom. The Morgan fingerprint density at radius 3 is 2.58 bits per heavy atom. The Bertz CT molecular complexity index is 1240. The van der Waals surface area contributed by atoms with E-state index in [9.17, 15) is 28.0 Å². The Hall–Kier alpha value is -2.88. The number of benzene rings is 2. The maximum atomic E-state index is 13.0. The molecule has 4 unspecified atom stereocenters. The second-order valence-electron chi connectivity index (χ2n) is 8.43. The number of aliphatic hydroxyl groups excluding tert-OH is 1. The molecule has 2 heterocycles. The summed E-state index contributed by atoms with van der Waals surface area (Å²) in [5, 5.41) is 23.1. The number of phenols is 1. The van der Waals surface area contributed by atoms with Crippen LogP contribution in [0.25, 0.3) is 5.57 Å². The lowest BCUT2D eigenvalue weighted by Crippen LogP contribution is -2.36. The van der Waals surface area contributed by atoms with Crippen LogP contribution in [0.15, 0.2) is 48.2 Å². The lowest BCUT2D eigenvalue weighted by atomic mass is 9.98. The van der Waals surface area contributed by atoms with Crippen molar-refractivity contribution in [3.8, 4) is 5.75 Å². The molecule has 3 aliphatic rings. The number of hydrogen-bond donors (Lipinski definition) is 4. The monoisotopic (exact) mass is 442 g/mol. The average molecular weight is 442 g/mol. The molecule has 0 spiro atoms. The number of anilines is 2. The minimum absolute atomic E-state index is 0.00873. The van der Waals surface area contributed by atoms with Crippen molar-refractivity contribution in [2.45, 2.75) is 37.2 Å². The van der Waals surface area contributed by atoms with E-state index >= 15 is 0 Å². The summed E-state index contributed by atoms with van der Waals surface area (Å²) in [6.45, 7) is 1.90. The highest BCUT2D eigenvalue weighted by Gasteiger charge is 2.48. The lowest BCUT2D eigenvalue weighted by molar-refractivity contribution is -0.110. The van der Waals surface area contributed by atoms with Crippen LogP contribution in [0.4, 0.5) is 11.4 Å². The highest BCUT2D eigenvalue weighted by molar-refractivity contribution is 7.86. The number of fused-ring (bicyclic) bond motifs is 2. The van der Waals surface area contributed by atoms with Gasteiger partial charge in [0, 0.05) is 28.5 Å². The quantitative estimate of drug-likeness (QED) is 0.320. The van der Waals surface area contributed by atoms with Crippen LogP contribution in [0.5, 0.6) is 5.75 Å². The van der Waals surface area contributed by atoms with Crippen LogP contribution < -0.4 is 10.2 Å². The van der Waals surface area contributed by atoms with Crippen LogP contribution in [0.1, 0.15) is 37.0 Å². The van der Waals surface area contributed by atoms with Crippen molar-refractivity contribution in [2.24, 2.45) is 5.92 Å². The predicted molar refractivity (Wildman–Crippen MR) is 115 cm³/mol. The van der Waals surface area contributed by atoms with Gasteiger partial charge in [0.2, 0.25) is 0 Å². The van der Waals surface area contributed by atoms with Gasteiger partial charge in [-0.15, -0.1) is 0 Å². The van der Waals surface area contributed by atoms with Gasteiger partial charge in [0.25, 0.3) is 16.0 Å². The number of aromatic hydroxyl groups is 1. The highest BCUT2D eigenvalue weighted by Crippen LogP contribution is 2.51. The molecule has 162 valence electrons.